The molecule has 0 unspecified atom stereocenters. The summed E-state index contributed by atoms with van der Waals surface area (Å²) in [4.78, 5) is 63.0. The van der Waals surface area contributed by atoms with Crippen molar-refractivity contribution in [2.45, 2.75) is 126 Å². The van der Waals surface area contributed by atoms with E-state index < -0.39 is 42.8 Å². The summed E-state index contributed by atoms with van der Waals surface area (Å²) in [6, 6.07) is 0. The average molecular weight is 594 g/mol. The Labute approximate surface area is 249 Å². The minimum atomic E-state index is -1.28. The van der Waals surface area contributed by atoms with E-state index in [9.17, 15) is 44.1 Å². The van der Waals surface area contributed by atoms with E-state index in [0.717, 1.165) is 0 Å². The number of hydrogen-bond donors (Lipinski definition) is 1. The van der Waals surface area contributed by atoms with Gasteiger partial charge in [-0.1, -0.05) is 41.5 Å². The first-order valence-electron chi connectivity index (χ1n) is 13.2. The summed E-state index contributed by atoms with van der Waals surface area (Å²) >= 11 is 0. The molecule has 0 aliphatic carbocycles. The molecule has 0 spiro atoms. The second kappa shape index (κ2) is 27.7. The molecule has 0 aromatic carbocycles. The molecule has 0 aliphatic rings. The number of carbonyl (C=O) groups is 6. The first kappa shape index (κ1) is 46.9. The molecular weight excluding hydrogens is 544 g/mol. The number of carbonyl (C=O) groups excluding carboxylic acids is 6. The van der Waals surface area contributed by atoms with Crippen LogP contribution >= 0.6 is 0 Å². The smallest absolute Gasteiger partial charge is 0.550 e. The molecule has 0 amide bonds. The number of carboxylic acids is 3. The Balaban J connectivity index is -0.000000135. The summed E-state index contributed by atoms with van der Waals surface area (Å²) in [5, 5.41) is 38.6. The third kappa shape index (κ3) is 36.1. The maximum absolute atomic E-state index is 11.0. The molecule has 0 aromatic heterocycles. The zero-order chi connectivity index (χ0) is 31.1. The first-order valence-corrected chi connectivity index (χ1v) is 13.2. The van der Waals surface area contributed by atoms with Crippen LogP contribution in [0, 0.1) is 17.8 Å². The molecule has 0 aliphatic heterocycles. The fraction of sp³-hybridized carbons (Fsp3) is 0.786. The van der Waals surface area contributed by atoms with Crippen molar-refractivity contribution in [3.05, 3.63) is 0 Å². The predicted molar refractivity (Wildman–Crippen MR) is 138 cm³/mol. The van der Waals surface area contributed by atoms with E-state index in [-0.39, 0.29) is 56.8 Å². The third-order valence-corrected chi connectivity index (χ3v) is 5.28. The van der Waals surface area contributed by atoms with Gasteiger partial charge in [0.2, 0.25) is 0 Å². The summed E-state index contributed by atoms with van der Waals surface area (Å²) < 4.78 is 0. The number of aliphatic hydroxyl groups is 1. The molecule has 0 bridgehead atoms. The van der Waals surface area contributed by atoms with E-state index in [1.165, 1.54) is 0 Å². The predicted octanol–water partition coefficient (Wildman–Crippen LogP) is 1.17. The van der Waals surface area contributed by atoms with Gasteiger partial charge in [-0.15, -0.1) is 0 Å². The zero-order valence-electron chi connectivity index (χ0n) is 25.2. The van der Waals surface area contributed by atoms with Crippen molar-refractivity contribution in [1.82, 2.24) is 0 Å². The largest absolute Gasteiger partial charge is 3.00 e. The van der Waals surface area contributed by atoms with Gasteiger partial charge in [0, 0.05) is 54.9 Å². The number of carboxylic acid groups (broad SMARTS) is 3. The molecule has 225 valence electrons. The number of hydrogen-bond acceptors (Lipinski definition) is 10. The van der Waals surface area contributed by atoms with Gasteiger partial charge in [0.25, 0.3) is 0 Å². The molecule has 0 heterocycles. The Morgan fingerprint density at radius 2 is 0.641 bits per heavy atom. The summed E-state index contributed by atoms with van der Waals surface area (Å²) in [5.41, 5.74) is -0.500. The third-order valence-electron chi connectivity index (χ3n) is 5.28. The van der Waals surface area contributed by atoms with Gasteiger partial charge in [-0.2, -0.15) is 0 Å². The fourth-order valence-electron chi connectivity index (χ4n) is 3.09. The molecule has 39 heavy (non-hydrogen) atoms. The molecule has 1 N–H and O–H groups in total. The minimum absolute atomic E-state index is 0. The summed E-state index contributed by atoms with van der Waals surface area (Å²) in [5.74, 6) is -4.78. The van der Waals surface area contributed by atoms with Gasteiger partial charge in [-0.05, 0) is 59.3 Å². The quantitative estimate of drug-likeness (QED) is 0.213. The average Bonchev–Trinajstić information content (AvgIpc) is 2.74. The molecule has 0 saturated carbocycles. The van der Waals surface area contributed by atoms with Crippen LogP contribution in [0.4, 0.5) is 0 Å². The van der Waals surface area contributed by atoms with Gasteiger partial charge in [-0.25, -0.2) is 0 Å². The zero-order valence-corrected chi connectivity index (χ0v) is 26.8. The van der Waals surface area contributed by atoms with Crippen molar-refractivity contribution in [3.63, 3.8) is 0 Å². The summed E-state index contributed by atoms with van der Waals surface area (Å²) in [7, 11) is 0. The topological polar surface area (TPSA) is 192 Å². The van der Waals surface area contributed by atoms with Crippen LogP contribution in [-0.4, -0.2) is 46.0 Å². The normalized spacial score (nSPS) is 10.1. The van der Waals surface area contributed by atoms with Crippen LogP contribution in [-0.2, 0) is 50.5 Å². The van der Waals surface area contributed by atoms with E-state index in [0.29, 0.717) is 38.5 Å². The van der Waals surface area contributed by atoms with E-state index in [2.05, 4.69) is 0 Å². The number of aliphatic carboxylic acids is 3. The van der Waals surface area contributed by atoms with Crippen molar-refractivity contribution in [2.24, 2.45) is 17.8 Å². The number of Topliss-reactive ketones (excluding diaryl/α,β-unsaturated/α-hetero) is 3. The first-order chi connectivity index (χ1) is 17.3. The molecule has 0 saturated heterocycles. The molecule has 0 aromatic rings. The van der Waals surface area contributed by atoms with Crippen LogP contribution < -0.4 is 15.3 Å². The van der Waals surface area contributed by atoms with Gasteiger partial charge in [0.05, 0.1) is 5.60 Å². The molecule has 0 atom stereocenters. The monoisotopic (exact) mass is 593 g/mol. The SMILES string of the molecule is CC(C)(C)O.CCC(CC)C(=O)CC(=O)[O-].CCC(CC)C(=O)CC(=O)[O-].CCC(CC)C(=O)CC(=O)[O-].[Ti+3]. The Morgan fingerprint density at radius 3 is 0.718 bits per heavy atom. The second-order valence-electron chi connectivity index (χ2n) is 9.76. The van der Waals surface area contributed by atoms with Crippen molar-refractivity contribution < 1.29 is 70.9 Å². The molecule has 10 nitrogen and oxygen atoms in total. The van der Waals surface area contributed by atoms with Gasteiger partial charge in [-0.3, -0.25) is 14.4 Å². The Hall–Kier alpha value is -1.91. The van der Waals surface area contributed by atoms with Crippen LogP contribution in [0.1, 0.15) is 120 Å². The molecular formula is C28H49O10Ti. The Kier molecular flexibility index (Phi) is 33.3. The van der Waals surface area contributed by atoms with E-state index >= 15 is 0 Å². The molecule has 11 heteroatoms. The molecule has 0 fully saturated rings. The van der Waals surface area contributed by atoms with Crippen LogP contribution in [0.5, 0.6) is 0 Å². The maximum Gasteiger partial charge on any atom is 3.00 e. The molecule has 1 radical (unpaired) electrons. The maximum atomic E-state index is 11.0. The molecule has 0 rings (SSSR count). The van der Waals surface area contributed by atoms with Gasteiger partial charge < -0.3 is 34.8 Å². The summed E-state index contributed by atoms with van der Waals surface area (Å²) in [6.07, 6.45) is 2.95. The van der Waals surface area contributed by atoms with E-state index in [1.54, 1.807) is 20.8 Å². The van der Waals surface area contributed by atoms with Gasteiger partial charge in [0.1, 0.15) is 17.3 Å². The standard InChI is InChI=1S/3C8H14O3.C4H10O.Ti/c3*1-3-6(4-2)7(9)5-8(10)11;1-4(2,3)5;/h3*6H,3-5H2,1-2H3,(H,10,11);5H,1-3H3;/q;;;;+3/p-3. The van der Waals surface area contributed by atoms with E-state index in [4.69, 9.17) is 5.11 Å². The van der Waals surface area contributed by atoms with Crippen LogP contribution in [0.3, 0.4) is 0 Å². The van der Waals surface area contributed by atoms with Crippen LogP contribution in [0.2, 0.25) is 0 Å². The summed E-state index contributed by atoms with van der Waals surface area (Å²) in [6.45, 7) is 16.5. The van der Waals surface area contributed by atoms with Crippen molar-refractivity contribution in [1.29, 1.82) is 0 Å². The van der Waals surface area contributed by atoms with Crippen molar-refractivity contribution in [3.8, 4) is 0 Å². The van der Waals surface area contributed by atoms with E-state index in [1.807, 2.05) is 41.5 Å². The van der Waals surface area contributed by atoms with Crippen LogP contribution in [0.25, 0.3) is 0 Å². The Bertz CT molecular complexity index is 610. The van der Waals surface area contributed by atoms with Crippen molar-refractivity contribution in [2.75, 3.05) is 0 Å². The van der Waals surface area contributed by atoms with Gasteiger partial charge in [0.15, 0.2) is 0 Å². The van der Waals surface area contributed by atoms with Crippen molar-refractivity contribution >= 4 is 35.3 Å². The number of ketones is 3. The fourth-order valence-corrected chi connectivity index (χ4v) is 3.09. The van der Waals surface area contributed by atoms with Gasteiger partial charge >= 0.3 is 21.7 Å². The second-order valence-corrected chi connectivity index (χ2v) is 9.76. The van der Waals surface area contributed by atoms with Crippen LogP contribution in [0.15, 0.2) is 0 Å². The number of rotatable bonds is 15. The Morgan fingerprint density at radius 1 is 0.513 bits per heavy atom. The minimum Gasteiger partial charge on any atom is -0.550 e.